The molecule has 15 heavy (non-hydrogen) atoms. The maximum Gasteiger partial charge on any atom is 0.0107 e. The van der Waals surface area contributed by atoms with Gasteiger partial charge in [0.1, 0.15) is 0 Å². The lowest BCUT2D eigenvalue weighted by molar-refractivity contribution is 0.0908. The van der Waals surface area contributed by atoms with Gasteiger partial charge in [-0.15, -0.1) is 0 Å². The summed E-state index contributed by atoms with van der Waals surface area (Å²) in [4.78, 5) is 5.20. The smallest absolute Gasteiger partial charge is 0.0107 e. The average Bonchev–Trinajstić information content (AvgIpc) is 2.23. The lowest BCUT2D eigenvalue weighted by Crippen LogP contribution is -2.48. The molecule has 3 heteroatoms. The van der Waals surface area contributed by atoms with Crippen molar-refractivity contribution in [3.05, 3.63) is 0 Å². The fraction of sp³-hybridized carbons (Fsp3) is 1.00. The van der Waals surface area contributed by atoms with Gasteiger partial charge in [-0.05, 0) is 25.4 Å². The molecular formula is C12H25N3. The van der Waals surface area contributed by atoms with Crippen LogP contribution < -0.4 is 5.32 Å². The van der Waals surface area contributed by atoms with Crippen LogP contribution >= 0.6 is 0 Å². The second kappa shape index (κ2) is 5.83. The predicted molar refractivity (Wildman–Crippen MR) is 64.1 cm³/mol. The van der Waals surface area contributed by atoms with E-state index >= 15 is 0 Å². The summed E-state index contributed by atoms with van der Waals surface area (Å²) < 4.78 is 0. The van der Waals surface area contributed by atoms with Crippen LogP contribution in [0.25, 0.3) is 0 Å². The molecule has 2 fully saturated rings. The van der Waals surface area contributed by atoms with Gasteiger partial charge < -0.3 is 15.1 Å². The number of nitrogens with one attached hydrogen (secondary N) is 1. The van der Waals surface area contributed by atoms with Gasteiger partial charge in [0.25, 0.3) is 0 Å². The second-order valence-corrected chi connectivity index (χ2v) is 4.98. The average molecular weight is 211 g/mol. The summed E-state index contributed by atoms with van der Waals surface area (Å²) in [5.74, 6) is 1.00. The van der Waals surface area contributed by atoms with Crippen LogP contribution in [0, 0.1) is 5.92 Å². The van der Waals surface area contributed by atoms with Crippen molar-refractivity contribution in [1.82, 2.24) is 15.1 Å². The molecule has 2 rings (SSSR count). The van der Waals surface area contributed by atoms with Crippen molar-refractivity contribution >= 4 is 0 Å². The van der Waals surface area contributed by atoms with Gasteiger partial charge in [0, 0.05) is 39.3 Å². The first-order valence-corrected chi connectivity index (χ1v) is 6.54. The van der Waals surface area contributed by atoms with Gasteiger partial charge >= 0.3 is 0 Å². The van der Waals surface area contributed by atoms with Crippen LogP contribution in [0.2, 0.25) is 0 Å². The molecular weight excluding hydrogens is 186 g/mol. The number of hydrogen-bond acceptors (Lipinski definition) is 3. The molecule has 0 amide bonds. The largest absolute Gasteiger partial charge is 0.314 e. The predicted octanol–water partition coefficient (Wildman–Crippen LogP) is 0.624. The van der Waals surface area contributed by atoms with Crippen molar-refractivity contribution in [2.24, 2.45) is 5.92 Å². The minimum absolute atomic E-state index is 1.00. The summed E-state index contributed by atoms with van der Waals surface area (Å²) >= 11 is 0. The van der Waals surface area contributed by atoms with E-state index < -0.39 is 0 Å². The Balaban J connectivity index is 1.48. The Morgan fingerprint density at radius 1 is 1.07 bits per heavy atom. The summed E-state index contributed by atoms with van der Waals surface area (Å²) in [6.07, 6.45) is 2.73. The first-order chi connectivity index (χ1) is 7.38. The standard InChI is InChI=1S/C12H25N3/c1-2-12-10-15(11-12)7-3-6-14-8-4-13-5-9-14/h12-13H,2-11H2,1H3. The fourth-order valence-corrected chi connectivity index (χ4v) is 2.57. The summed E-state index contributed by atoms with van der Waals surface area (Å²) in [7, 11) is 0. The number of nitrogens with zero attached hydrogens (tertiary/aromatic N) is 2. The zero-order valence-corrected chi connectivity index (χ0v) is 10.0. The molecule has 3 nitrogen and oxygen atoms in total. The van der Waals surface area contributed by atoms with Gasteiger partial charge in [-0.2, -0.15) is 0 Å². The number of hydrogen-bond donors (Lipinski definition) is 1. The quantitative estimate of drug-likeness (QED) is 0.719. The highest BCUT2D eigenvalue weighted by Gasteiger charge is 2.24. The Morgan fingerprint density at radius 3 is 2.40 bits per heavy atom. The minimum Gasteiger partial charge on any atom is -0.314 e. The van der Waals surface area contributed by atoms with Gasteiger partial charge in [0.05, 0.1) is 0 Å². The van der Waals surface area contributed by atoms with Crippen molar-refractivity contribution in [3.63, 3.8) is 0 Å². The topological polar surface area (TPSA) is 18.5 Å². The van der Waals surface area contributed by atoms with Gasteiger partial charge in [0.2, 0.25) is 0 Å². The highest BCUT2D eigenvalue weighted by atomic mass is 15.2. The van der Waals surface area contributed by atoms with Crippen LogP contribution in [0.5, 0.6) is 0 Å². The van der Waals surface area contributed by atoms with Crippen LogP contribution in [0.1, 0.15) is 19.8 Å². The molecule has 0 unspecified atom stereocenters. The molecule has 2 aliphatic heterocycles. The molecule has 1 N–H and O–H groups in total. The third-order valence-corrected chi connectivity index (χ3v) is 3.77. The molecule has 0 saturated carbocycles. The number of likely N-dealkylation sites (tertiary alicyclic amines) is 1. The van der Waals surface area contributed by atoms with Crippen molar-refractivity contribution in [3.8, 4) is 0 Å². The van der Waals surface area contributed by atoms with Crippen molar-refractivity contribution in [1.29, 1.82) is 0 Å². The van der Waals surface area contributed by atoms with Crippen LogP contribution in [-0.2, 0) is 0 Å². The summed E-state index contributed by atoms with van der Waals surface area (Å²) in [5.41, 5.74) is 0. The van der Waals surface area contributed by atoms with E-state index in [-0.39, 0.29) is 0 Å². The maximum atomic E-state index is 3.40. The first-order valence-electron chi connectivity index (χ1n) is 6.54. The van der Waals surface area contributed by atoms with E-state index in [9.17, 15) is 0 Å². The highest BCUT2D eigenvalue weighted by Crippen LogP contribution is 2.18. The summed E-state index contributed by atoms with van der Waals surface area (Å²) in [6, 6.07) is 0. The van der Waals surface area contributed by atoms with Crippen molar-refractivity contribution < 1.29 is 0 Å². The van der Waals surface area contributed by atoms with E-state index in [0.29, 0.717) is 0 Å². The molecule has 0 aromatic carbocycles. The van der Waals surface area contributed by atoms with E-state index in [1.165, 1.54) is 65.2 Å². The molecule has 0 spiro atoms. The molecule has 88 valence electrons. The zero-order valence-electron chi connectivity index (χ0n) is 10.0. The Labute approximate surface area is 93.8 Å². The monoisotopic (exact) mass is 211 g/mol. The number of piperazine rings is 1. The van der Waals surface area contributed by atoms with Gasteiger partial charge in [-0.1, -0.05) is 13.3 Å². The third-order valence-electron chi connectivity index (χ3n) is 3.77. The molecule has 0 aromatic heterocycles. The zero-order chi connectivity index (χ0) is 10.5. The fourth-order valence-electron chi connectivity index (χ4n) is 2.57. The minimum atomic E-state index is 1.00. The Bertz CT molecular complexity index is 172. The van der Waals surface area contributed by atoms with E-state index in [0.717, 1.165) is 5.92 Å². The van der Waals surface area contributed by atoms with Gasteiger partial charge in [-0.25, -0.2) is 0 Å². The van der Waals surface area contributed by atoms with Crippen LogP contribution in [-0.4, -0.2) is 62.2 Å². The SMILES string of the molecule is CCC1CN(CCCN2CCNCC2)C1. The van der Waals surface area contributed by atoms with Crippen molar-refractivity contribution in [2.45, 2.75) is 19.8 Å². The molecule has 0 atom stereocenters. The van der Waals surface area contributed by atoms with Gasteiger partial charge in [-0.3, -0.25) is 0 Å². The van der Waals surface area contributed by atoms with Crippen molar-refractivity contribution in [2.75, 3.05) is 52.4 Å². The Morgan fingerprint density at radius 2 is 1.73 bits per heavy atom. The van der Waals surface area contributed by atoms with Crippen LogP contribution in [0.3, 0.4) is 0 Å². The summed E-state index contributed by atoms with van der Waals surface area (Å²) in [6.45, 7) is 12.5. The second-order valence-electron chi connectivity index (χ2n) is 4.98. The third kappa shape index (κ3) is 3.44. The van der Waals surface area contributed by atoms with Gasteiger partial charge in [0.15, 0.2) is 0 Å². The molecule has 2 heterocycles. The first kappa shape index (κ1) is 11.4. The maximum absolute atomic E-state index is 3.40. The molecule has 2 saturated heterocycles. The summed E-state index contributed by atoms with van der Waals surface area (Å²) in [5, 5.41) is 3.40. The van der Waals surface area contributed by atoms with E-state index in [2.05, 4.69) is 22.0 Å². The molecule has 0 bridgehead atoms. The lowest BCUT2D eigenvalue weighted by Gasteiger charge is -2.39. The normalized spacial score (nSPS) is 25.4. The number of rotatable bonds is 5. The molecule has 0 radical (unpaired) electrons. The Kier molecular flexibility index (Phi) is 4.42. The van der Waals surface area contributed by atoms with E-state index in [4.69, 9.17) is 0 Å². The van der Waals surface area contributed by atoms with E-state index in [1.807, 2.05) is 0 Å². The molecule has 2 aliphatic rings. The molecule has 0 aliphatic carbocycles. The van der Waals surface area contributed by atoms with Crippen LogP contribution in [0.15, 0.2) is 0 Å². The highest BCUT2D eigenvalue weighted by molar-refractivity contribution is 4.78. The lowest BCUT2D eigenvalue weighted by atomic mass is 9.97. The van der Waals surface area contributed by atoms with E-state index in [1.54, 1.807) is 0 Å². The Hall–Kier alpha value is -0.120. The van der Waals surface area contributed by atoms with Crippen LogP contribution in [0.4, 0.5) is 0 Å². The molecule has 0 aromatic rings.